The van der Waals surface area contributed by atoms with Crippen molar-refractivity contribution < 1.29 is 41.0 Å². The number of H-pyrrole nitrogens is 1. The molecule has 1 heterocycles. The standard InChI is InChI=1S/C29H27F3N4O6S/c1-42-27(38)19-9-14-22-23(17-19)35-26(37)24(22)25(18-7-4-3-5-8-18)34-20-10-12-21(13-11-20)36(43(2,40)41)16-6-15-33-28(39)29(30,31)32/h3-5,7-14,17,35,37H,6,15-16H2,1-2H3,(H,33,39). The largest absolute Gasteiger partial charge is 0.494 e. The fraction of sp³-hybridized carbons (Fsp3) is 0.207. The van der Waals surface area contributed by atoms with Gasteiger partial charge in [-0.2, -0.15) is 13.2 Å². The molecule has 3 N–H and O–H groups in total. The van der Waals surface area contributed by atoms with Crippen molar-refractivity contribution in [3.63, 3.8) is 0 Å². The molecular formula is C29H27F3N4O6S. The molecule has 1 amide bonds. The number of esters is 1. The molecule has 0 saturated carbocycles. The van der Waals surface area contributed by atoms with E-state index in [1.165, 1.54) is 19.2 Å². The number of rotatable bonds is 10. The van der Waals surface area contributed by atoms with Crippen LogP contribution in [0.15, 0.2) is 77.8 Å². The Balaban J connectivity index is 1.66. The van der Waals surface area contributed by atoms with E-state index >= 15 is 0 Å². The summed E-state index contributed by atoms with van der Waals surface area (Å²) in [6, 6.07) is 19.9. The van der Waals surface area contributed by atoms with E-state index in [9.17, 15) is 36.3 Å². The van der Waals surface area contributed by atoms with Crippen LogP contribution in [-0.4, -0.2) is 68.7 Å². The van der Waals surface area contributed by atoms with Crippen molar-refractivity contribution in [1.29, 1.82) is 0 Å². The number of aromatic hydroxyl groups is 1. The molecule has 0 atom stereocenters. The maximum atomic E-state index is 12.4. The normalized spacial score (nSPS) is 12.3. The molecule has 0 unspecified atom stereocenters. The van der Waals surface area contributed by atoms with Crippen molar-refractivity contribution in [3.8, 4) is 5.88 Å². The number of ether oxygens (including phenoxy) is 1. The summed E-state index contributed by atoms with van der Waals surface area (Å²) in [5.74, 6) is -2.82. The highest BCUT2D eigenvalue weighted by atomic mass is 32.2. The number of carbonyl (C=O) groups excluding carboxylic acids is 2. The molecule has 0 aliphatic rings. The molecule has 4 rings (SSSR count). The van der Waals surface area contributed by atoms with Crippen molar-refractivity contribution in [2.24, 2.45) is 4.99 Å². The van der Waals surface area contributed by atoms with Gasteiger partial charge in [0.2, 0.25) is 10.0 Å². The number of hydrogen-bond acceptors (Lipinski definition) is 7. The van der Waals surface area contributed by atoms with E-state index in [0.29, 0.717) is 33.4 Å². The zero-order valence-corrected chi connectivity index (χ0v) is 23.8. The first-order valence-electron chi connectivity index (χ1n) is 12.8. The highest BCUT2D eigenvalue weighted by Gasteiger charge is 2.38. The Bertz CT molecular complexity index is 1770. The van der Waals surface area contributed by atoms with E-state index in [1.807, 2.05) is 6.07 Å². The molecule has 0 saturated heterocycles. The summed E-state index contributed by atoms with van der Waals surface area (Å²) in [5, 5.41) is 13.2. The van der Waals surface area contributed by atoms with Crippen LogP contribution in [0, 0.1) is 0 Å². The van der Waals surface area contributed by atoms with E-state index in [1.54, 1.807) is 59.9 Å². The van der Waals surface area contributed by atoms with Gasteiger partial charge in [0.25, 0.3) is 0 Å². The number of nitrogens with zero attached hydrogens (tertiary/aromatic N) is 2. The van der Waals surface area contributed by atoms with Gasteiger partial charge < -0.3 is 20.1 Å². The van der Waals surface area contributed by atoms with Crippen LogP contribution >= 0.6 is 0 Å². The molecule has 0 bridgehead atoms. The van der Waals surface area contributed by atoms with Gasteiger partial charge in [-0.05, 0) is 42.8 Å². The number of carbonyl (C=O) groups is 2. The van der Waals surface area contributed by atoms with Crippen LogP contribution in [0.5, 0.6) is 5.88 Å². The third kappa shape index (κ3) is 7.33. The number of amides is 1. The van der Waals surface area contributed by atoms with Crippen molar-refractivity contribution in [2.45, 2.75) is 12.6 Å². The third-order valence-corrected chi connectivity index (χ3v) is 7.54. The second-order valence-electron chi connectivity index (χ2n) is 9.39. The minimum atomic E-state index is -5.03. The second kappa shape index (κ2) is 12.6. The molecule has 10 nitrogen and oxygen atoms in total. The van der Waals surface area contributed by atoms with Crippen LogP contribution in [0.1, 0.15) is 27.9 Å². The van der Waals surface area contributed by atoms with E-state index < -0.39 is 28.1 Å². The number of methoxy groups -OCH3 is 1. The Kier molecular flexibility index (Phi) is 9.09. The topological polar surface area (TPSA) is 141 Å². The van der Waals surface area contributed by atoms with Gasteiger partial charge in [0.05, 0.1) is 41.6 Å². The number of aromatic amines is 1. The maximum Gasteiger partial charge on any atom is 0.471 e. The summed E-state index contributed by atoms with van der Waals surface area (Å²) < 4.78 is 67.9. The molecular weight excluding hydrogens is 589 g/mol. The molecule has 0 radical (unpaired) electrons. The van der Waals surface area contributed by atoms with Crippen LogP contribution in [0.3, 0.4) is 0 Å². The summed E-state index contributed by atoms with van der Waals surface area (Å²) in [5.41, 5.74) is 2.85. The predicted molar refractivity (Wildman–Crippen MR) is 155 cm³/mol. The average Bonchev–Trinajstić information content (AvgIpc) is 3.29. The number of fused-ring (bicyclic) bond motifs is 1. The number of alkyl halides is 3. The van der Waals surface area contributed by atoms with E-state index in [2.05, 4.69) is 4.98 Å². The van der Waals surface area contributed by atoms with Crippen LogP contribution in [0.25, 0.3) is 10.9 Å². The van der Waals surface area contributed by atoms with Crippen LogP contribution in [0.4, 0.5) is 24.5 Å². The molecule has 0 aliphatic carbocycles. The Labute approximate surface area is 244 Å². The molecule has 0 spiro atoms. The molecule has 0 aliphatic heterocycles. The summed E-state index contributed by atoms with van der Waals surface area (Å²) in [6.07, 6.45) is -4.13. The van der Waals surface area contributed by atoms with Crippen LogP contribution in [0.2, 0.25) is 0 Å². The highest BCUT2D eigenvalue weighted by Crippen LogP contribution is 2.33. The van der Waals surface area contributed by atoms with Crippen LogP contribution in [-0.2, 0) is 19.6 Å². The zero-order valence-electron chi connectivity index (χ0n) is 23.0. The van der Waals surface area contributed by atoms with Crippen molar-refractivity contribution in [1.82, 2.24) is 10.3 Å². The lowest BCUT2D eigenvalue weighted by atomic mass is 10.00. The Morgan fingerprint density at radius 1 is 1.02 bits per heavy atom. The Morgan fingerprint density at radius 3 is 2.30 bits per heavy atom. The summed E-state index contributed by atoms with van der Waals surface area (Å²) in [7, 11) is -2.54. The van der Waals surface area contributed by atoms with Gasteiger partial charge in [-0.15, -0.1) is 0 Å². The summed E-state index contributed by atoms with van der Waals surface area (Å²) >= 11 is 0. The third-order valence-electron chi connectivity index (χ3n) is 6.34. The average molecular weight is 617 g/mol. The smallest absolute Gasteiger partial charge is 0.471 e. The fourth-order valence-electron chi connectivity index (χ4n) is 4.36. The number of nitrogens with one attached hydrogen (secondary N) is 2. The number of hydrogen-bond donors (Lipinski definition) is 3. The first kappa shape index (κ1) is 31.1. The van der Waals surface area contributed by atoms with Gasteiger partial charge in [0.15, 0.2) is 5.88 Å². The number of aliphatic imine (C=N–C) groups is 1. The molecule has 226 valence electrons. The van der Waals surface area contributed by atoms with Gasteiger partial charge in [0, 0.05) is 29.6 Å². The van der Waals surface area contributed by atoms with Crippen molar-refractivity contribution in [3.05, 3.63) is 89.5 Å². The minimum Gasteiger partial charge on any atom is -0.494 e. The molecule has 1 aromatic heterocycles. The minimum absolute atomic E-state index is 0.0650. The molecule has 3 aromatic carbocycles. The van der Waals surface area contributed by atoms with E-state index in [4.69, 9.17) is 9.73 Å². The fourth-order valence-corrected chi connectivity index (χ4v) is 5.33. The highest BCUT2D eigenvalue weighted by molar-refractivity contribution is 7.92. The number of sulfonamides is 1. The summed E-state index contributed by atoms with van der Waals surface area (Å²) in [4.78, 5) is 30.6. The SMILES string of the molecule is COC(=O)c1ccc2c(C(=Nc3ccc(N(CCCNC(=O)C(F)(F)F)S(C)(=O)=O)cc3)c3ccccc3)c(O)[nH]c2c1. The van der Waals surface area contributed by atoms with Gasteiger partial charge in [-0.25, -0.2) is 18.2 Å². The molecule has 4 aromatic rings. The lowest BCUT2D eigenvalue weighted by Crippen LogP contribution is -2.39. The predicted octanol–water partition coefficient (Wildman–Crippen LogP) is 4.66. The van der Waals surface area contributed by atoms with Gasteiger partial charge in [-0.3, -0.25) is 9.10 Å². The Morgan fingerprint density at radius 2 is 1.70 bits per heavy atom. The van der Waals surface area contributed by atoms with E-state index in [0.717, 1.165) is 10.6 Å². The van der Waals surface area contributed by atoms with Gasteiger partial charge in [-0.1, -0.05) is 36.4 Å². The number of aromatic nitrogens is 1. The van der Waals surface area contributed by atoms with E-state index in [-0.39, 0.29) is 36.6 Å². The monoisotopic (exact) mass is 616 g/mol. The first-order chi connectivity index (χ1) is 20.3. The number of anilines is 1. The summed E-state index contributed by atoms with van der Waals surface area (Å²) in [6.45, 7) is -0.548. The molecule has 0 fully saturated rings. The molecule has 14 heteroatoms. The molecule has 43 heavy (non-hydrogen) atoms. The van der Waals surface area contributed by atoms with Crippen molar-refractivity contribution >= 4 is 49.9 Å². The lowest BCUT2D eigenvalue weighted by molar-refractivity contribution is -0.173. The zero-order chi connectivity index (χ0) is 31.4. The first-order valence-corrected chi connectivity index (χ1v) is 14.6. The quantitative estimate of drug-likeness (QED) is 0.134. The number of benzene rings is 3. The Hall–Kier alpha value is -4.85. The van der Waals surface area contributed by atoms with Gasteiger partial charge in [0.1, 0.15) is 0 Å². The number of halogens is 3. The lowest BCUT2D eigenvalue weighted by Gasteiger charge is -2.22. The maximum absolute atomic E-state index is 12.4. The second-order valence-corrected chi connectivity index (χ2v) is 11.3. The van der Waals surface area contributed by atoms with Gasteiger partial charge >= 0.3 is 18.1 Å². The van der Waals surface area contributed by atoms with Crippen LogP contribution < -0.4 is 9.62 Å². The van der Waals surface area contributed by atoms with Crippen molar-refractivity contribution in [2.75, 3.05) is 30.8 Å².